The summed E-state index contributed by atoms with van der Waals surface area (Å²) in [5, 5.41) is 5.87. The van der Waals surface area contributed by atoms with E-state index in [1.807, 2.05) is 0 Å². The molecule has 1 aliphatic heterocycles. The third-order valence-corrected chi connectivity index (χ3v) is 3.12. The zero-order chi connectivity index (χ0) is 12.0. The SMILES string of the molecule is CS(=O)(=O)NCCCNC(=O)[C@H]1CCCN1. The molecule has 0 aromatic rings. The molecule has 0 aliphatic carbocycles. The maximum atomic E-state index is 11.5. The monoisotopic (exact) mass is 249 g/mol. The van der Waals surface area contributed by atoms with Gasteiger partial charge in [0.1, 0.15) is 0 Å². The summed E-state index contributed by atoms with van der Waals surface area (Å²) in [6, 6.07) is -0.0668. The van der Waals surface area contributed by atoms with E-state index in [1.165, 1.54) is 0 Å². The van der Waals surface area contributed by atoms with E-state index in [1.54, 1.807) is 0 Å². The average Bonchev–Trinajstić information content (AvgIpc) is 2.67. The standard InChI is InChI=1S/C9H19N3O3S/c1-16(14,15)12-7-3-6-11-9(13)8-4-2-5-10-8/h8,10,12H,2-7H2,1H3,(H,11,13)/t8-/m1/s1. The first-order chi connectivity index (χ1) is 7.49. The third-order valence-electron chi connectivity index (χ3n) is 2.39. The van der Waals surface area contributed by atoms with Crippen LogP contribution < -0.4 is 15.4 Å². The summed E-state index contributed by atoms with van der Waals surface area (Å²) < 4.78 is 23.8. The van der Waals surface area contributed by atoms with E-state index >= 15 is 0 Å². The number of rotatable bonds is 6. The molecule has 1 atom stereocenters. The van der Waals surface area contributed by atoms with Crippen LogP contribution in [0.25, 0.3) is 0 Å². The van der Waals surface area contributed by atoms with Crippen molar-refractivity contribution in [3.63, 3.8) is 0 Å². The molecule has 1 rings (SSSR count). The van der Waals surface area contributed by atoms with Crippen molar-refractivity contribution in [1.29, 1.82) is 0 Å². The number of carbonyl (C=O) groups is 1. The molecule has 1 amide bonds. The number of amides is 1. The van der Waals surface area contributed by atoms with Gasteiger partial charge in [0.2, 0.25) is 15.9 Å². The highest BCUT2D eigenvalue weighted by Crippen LogP contribution is 2.04. The average molecular weight is 249 g/mol. The maximum absolute atomic E-state index is 11.5. The quantitative estimate of drug-likeness (QED) is 0.516. The molecule has 1 heterocycles. The number of carbonyl (C=O) groups excluding carboxylic acids is 1. The van der Waals surface area contributed by atoms with Gasteiger partial charge in [-0.25, -0.2) is 13.1 Å². The van der Waals surface area contributed by atoms with Crippen LogP contribution >= 0.6 is 0 Å². The minimum Gasteiger partial charge on any atom is -0.355 e. The molecule has 0 spiro atoms. The fraction of sp³-hybridized carbons (Fsp3) is 0.889. The fourth-order valence-electron chi connectivity index (χ4n) is 1.59. The summed E-state index contributed by atoms with van der Waals surface area (Å²) in [4.78, 5) is 11.5. The number of hydrogen-bond donors (Lipinski definition) is 3. The minimum atomic E-state index is -3.12. The highest BCUT2D eigenvalue weighted by atomic mass is 32.2. The van der Waals surface area contributed by atoms with Crippen LogP contribution in [0.4, 0.5) is 0 Å². The third kappa shape index (κ3) is 5.43. The van der Waals surface area contributed by atoms with Crippen LogP contribution in [-0.2, 0) is 14.8 Å². The van der Waals surface area contributed by atoms with Crippen molar-refractivity contribution >= 4 is 15.9 Å². The Morgan fingerprint density at radius 2 is 2.19 bits per heavy atom. The van der Waals surface area contributed by atoms with Gasteiger partial charge in [-0.2, -0.15) is 0 Å². The van der Waals surface area contributed by atoms with Crippen LogP contribution in [0.2, 0.25) is 0 Å². The van der Waals surface area contributed by atoms with E-state index in [0.29, 0.717) is 19.5 Å². The summed E-state index contributed by atoms with van der Waals surface area (Å²) in [5.74, 6) is 0.0110. The van der Waals surface area contributed by atoms with Crippen molar-refractivity contribution in [3.8, 4) is 0 Å². The van der Waals surface area contributed by atoms with Gasteiger partial charge in [-0.05, 0) is 25.8 Å². The highest BCUT2D eigenvalue weighted by molar-refractivity contribution is 7.88. The number of nitrogens with one attached hydrogen (secondary N) is 3. The molecule has 6 nitrogen and oxygen atoms in total. The summed E-state index contributed by atoms with van der Waals surface area (Å²) in [5.41, 5.74) is 0. The smallest absolute Gasteiger partial charge is 0.237 e. The zero-order valence-electron chi connectivity index (χ0n) is 9.45. The van der Waals surface area contributed by atoms with Gasteiger partial charge < -0.3 is 10.6 Å². The Bertz CT molecular complexity index is 323. The molecule has 1 fully saturated rings. The number of sulfonamides is 1. The molecule has 3 N–H and O–H groups in total. The number of hydrogen-bond acceptors (Lipinski definition) is 4. The van der Waals surface area contributed by atoms with Crippen molar-refractivity contribution < 1.29 is 13.2 Å². The van der Waals surface area contributed by atoms with E-state index in [2.05, 4.69) is 15.4 Å². The molecule has 0 radical (unpaired) electrons. The lowest BCUT2D eigenvalue weighted by atomic mass is 10.2. The molecule has 0 unspecified atom stereocenters. The Morgan fingerprint density at radius 3 is 2.75 bits per heavy atom. The second kappa shape index (κ2) is 6.17. The lowest BCUT2D eigenvalue weighted by molar-refractivity contribution is -0.122. The predicted octanol–water partition coefficient (Wildman–Crippen LogP) is -1.21. The molecule has 0 saturated carbocycles. The van der Waals surface area contributed by atoms with E-state index in [9.17, 15) is 13.2 Å². The lowest BCUT2D eigenvalue weighted by Gasteiger charge is -2.10. The van der Waals surface area contributed by atoms with Crippen LogP contribution in [0.3, 0.4) is 0 Å². The van der Waals surface area contributed by atoms with Gasteiger partial charge in [-0.15, -0.1) is 0 Å². The van der Waals surface area contributed by atoms with Crippen molar-refractivity contribution in [2.75, 3.05) is 25.9 Å². The molecule has 94 valence electrons. The largest absolute Gasteiger partial charge is 0.355 e. The van der Waals surface area contributed by atoms with Crippen LogP contribution in [-0.4, -0.2) is 46.3 Å². The first-order valence-corrected chi connectivity index (χ1v) is 7.34. The topological polar surface area (TPSA) is 87.3 Å². The Labute approximate surface area is 96.2 Å². The Kier molecular flexibility index (Phi) is 5.17. The molecular weight excluding hydrogens is 230 g/mol. The molecule has 1 saturated heterocycles. The van der Waals surface area contributed by atoms with Crippen molar-refractivity contribution in [3.05, 3.63) is 0 Å². The van der Waals surface area contributed by atoms with Gasteiger partial charge >= 0.3 is 0 Å². The molecule has 1 aliphatic rings. The Hall–Kier alpha value is -0.660. The summed E-state index contributed by atoms with van der Waals surface area (Å²) in [6.45, 7) is 1.75. The lowest BCUT2D eigenvalue weighted by Crippen LogP contribution is -2.41. The van der Waals surface area contributed by atoms with Crippen LogP contribution in [0.1, 0.15) is 19.3 Å². The zero-order valence-corrected chi connectivity index (χ0v) is 10.3. The van der Waals surface area contributed by atoms with E-state index in [0.717, 1.165) is 25.6 Å². The van der Waals surface area contributed by atoms with Crippen molar-refractivity contribution in [2.45, 2.75) is 25.3 Å². The van der Waals surface area contributed by atoms with Gasteiger partial charge in [0.15, 0.2) is 0 Å². The van der Waals surface area contributed by atoms with Crippen molar-refractivity contribution in [1.82, 2.24) is 15.4 Å². The Balaban J connectivity index is 2.04. The molecule has 16 heavy (non-hydrogen) atoms. The van der Waals surface area contributed by atoms with Crippen LogP contribution in [0, 0.1) is 0 Å². The van der Waals surface area contributed by atoms with E-state index in [4.69, 9.17) is 0 Å². The predicted molar refractivity (Wildman–Crippen MR) is 61.5 cm³/mol. The minimum absolute atomic E-state index is 0.0110. The van der Waals surface area contributed by atoms with Gasteiger partial charge in [0, 0.05) is 13.1 Å². The second-order valence-corrected chi connectivity index (χ2v) is 5.79. The van der Waals surface area contributed by atoms with Crippen molar-refractivity contribution in [2.24, 2.45) is 0 Å². The summed E-state index contributed by atoms with van der Waals surface area (Å²) >= 11 is 0. The van der Waals surface area contributed by atoms with Crippen LogP contribution in [0.5, 0.6) is 0 Å². The van der Waals surface area contributed by atoms with E-state index in [-0.39, 0.29) is 11.9 Å². The van der Waals surface area contributed by atoms with Gasteiger partial charge in [-0.3, -0.25) is 4.79 Å². The van der Waals surface area contributed by atoms with E-state index < -0.39 is 10.0 Å². The molecule has 0 aromatic carbocycles. The fourth-order valence-corrected chi connectivity index (χ4v) is 2.10. The normalized spacial score (nSPS) is 20.9. The van der Waals surface area contributed by atoms with Crippen LogP contribution in [0.15, 0.2) is 0 Å². The second-order valence-electron chi connectivity index (χ2n) is 3.96. The molecular formula is C9H19N3O3S. The van der Waals surface area contributed by atoms with Gasteiger partial charge in [0.25, 0.3) is 0 Å². The molecule has 0 bridgehead atoms. The summed E-state index contributed by atoms with van der Waals surface area (Å²) in [7, 11) is -3.12. The first-order valence-electron chi connectivity index (χ1n) is 5.45. The molecule has 0 aromatic heterocycles. The molecule has 7 heteroatoms. The van der Waals surface area contributed by atoms with Gasteiger partial charge in [0.05, 0.1) is 12.3 Å². The summed E-state index contributed by atoms with van der Waals surface area (Å²) in [6.07, 6.45) is 3.64. The highest BCUT2D eigenvalue weighted by Gasteiger charge is 2.20. The van der Waals surface area contributed by atoms with Gasteiger partial charge in [-0.1, -0.05) is 0 Å². The Morgan fingerprint density at radius 1 is 1.44 bits per heavy atom. The first kappa shape index (κ1) is 13.4. The maximum Gasteiger partial charge on any atom is 0.237 e.